The average molecular weight is 433 g/mol. The molecule has 1 unspecified atom stereocenters. The van der Waals surface area contributed by atoms with Gasteiger partial charge in [-0.15, -0.1) is 0 Å². The van der Waals surface area contributed by atoms with Crippen molar-refractivity contribution in [2.75, 3.05) is 0 Å². The number of hydrogen-bond acceptors (Lipinski definition) is 2. The van der Waals surface area contributed by atoms with Gasteiger partial charge in [-0.2, -0.15) is 5.10 Å². The molecule has 3 nitrogen and oxygen atoms in total. The summed E-state index contributed by atoms with van der Waals surface area (Å²) < 4.78 is 22.4. The number of nitrogens with zero attached hydrogens (tertiary/aromatic N) is 2. The molecule has 1 heterocycles. The van der Waals surface area contributed by atoms with Gasteiger partial charge in [-0.1, -0.05) is 20.8 Å². The van der Waals surface area contributed by atoms with Crippen LogP contribution in [0.5, 0.6) is 0 Å². The first-order valence-electron chi connectivity index (χ1n) is 7.47. The first-order chi connectivity index (χ1) is 10.2. The summed E-state index contributed by atoms with van der Waals surface area (Å²) in [6.07, 6.45) is 1.87. The second-order valence-corrected chi connectivity index (χ2v) is 10.1. The largest absolute Gasteiger partial charge is 0.396 e. The van der Waals surface area contributed by atoms with Crippen molar-refractivity contribution in [3.63, 3.8) is 0 Å². The third-order valence-electron chi connectivity index (χ3n) is 3.41. The van der Waals surface area contributed by atoms with Crippen molar-refractivity contribution in [2.24, 2.45) is 5.41 Å². The Morgan fingerprint density at radius 2 is 2.05 bits per heavy atom. The second-order valence-electron chi connectivity index (χ2n) is 6.98. The van der Waals surface area contributed by atoms with Crippen LogP contribution in [0.25, 0.3) is 10.9 Å². The zero-order valence-electron chi connectivity index (χ0n) is 13.8. The zero-order chi connectivity index (χ0) is 16.5. The predicted molar refractivity (Wildman–Crippen MR) is 98.7 cm³/mol. The lowest BCUT2D eigenvalue weighted by molar-refractivity contribution is 0.0980. The van der Waals surface area contributed by atoms with Crippen molar-refractivity contribution in [3.8, 4) is 0 Å². The highest BCUT2D eigenvalue weighted by molar-refractivity contribution is 14.1. The van der Waals surface area contributed by atoms with Crippen molar-refractivity contribution >= 4 is 42.5 Å². The molecule has 2 aromatic rings. The van der Waals surface area contributed by atoms with Crippen LogP contribution >= 0.6 is 22.6 Å². The topological polar surface area (TPSA) is 27.1 Å². The van der Waals surface area contributed by atoms with Gasteiger partial charge in [-0.25, -0.2) is 9.07 Å². The van der Waals surface area contributed by atoms with Crippen molar-refractivity contribution in [1.82, 2.24) is 9.78 Å². The monoisotopic (exact) mass is 433 g/mol. The van der Waals surface area contributed by atoms with E-state index in [1.54, 1.807) is 12.1 Å². The van der Waals surface area contributed by atoms with Gasteiger partial charge in [0.15, 0.2) is 0 Å². The Labute approximate surface area is 147 Å². The summed E-state index contributed by atoms with van der Waals surface area (Å²) in [6, 6.07) is 4.83. The van der Waals surface area contributed by atoms with Gasteiger partial charge in [0.25, 0.3) is 0 Å². The standard InChI is InChI=1S/C16H23FIN2OSi/c1-16(2,3)9-8-14(21-22(4)5)20-13-7-6-11(17)10-12(13)15(18)19-20/h6-7,10,14H,8-9H2,1-5H3. The Morgan fingerprint density at radius 3 is 2.64 bits per heavy atom. The van der Waals surface area contributed by atoms with Crippen molar-refractivity contribution in [1.29, 1.82) is 0 Å². The van der Waals surface area contributed by atoms with Crippen LogP contribution in [-0.2, 0) is 4.43 Å². The highest BCUT2D eigenvalue weighted by Gasteiger charge is 2.22. The molecule has 0 aliphatic carbocycles. The van der Waals surface area contributed by atoms with Gasteiger partial charge >= 0.3 is 0 Å². The summed E-state index contributed by atoms with van der Waals surface area (Å²) in [5.74, 6) is -0.229. The lowest BCUT2D eigenvalue weighted by Crippen LogP contribution is -2.22. The van der Waals surface area contributed by atoms with E-state index in [9.17, 15) is 4.39 Å². The molecule has 0 aliphatic rings. The first kappa shape index (κ1) is 17.9. The van der Waals surface area contributed by atoms with Crippen LogP contribution in [0.1, 0.15) is 39.8 Å². The van der Waals surface area contributed by atoms with Gasteiger partial charge in [0, 0.05) is 5.39 Å². The minimum Gasteiger partial charge on any atom is -0.396 e. The first-order valence-corrected chi connectivity index (χ1v) is 11.0. The highest BCUT2D eigenvalue weighted by atomic mass is 127. The van der Waals surface area contributed by atoms with E-state index in [2.05, 4.69) is 61.6 Å². The molecule has 0 aliphatic heterocycles. The summed E-state index contributed by atoms with van der Waals surface area (Å²) in [7, 11) is -0.851. The SMILES string of the molecule is C[Si](C)OC(CCC(C)(C)C)n1nc(I)c2cc(F)ccc21. The van der Waals surface area contributed by atoms with Crippen LogP contribution in [-0.4, -0.2) is 18.8 Å². The molecule has 0 saturated heterocycles. The van der Waals surface area contributed by atoms with Crippen LogP contribution in [0.15, 0.2) is 18.2 Å². The summed E-state index contributed by atoms with van der Waals surface area (Å²) in [4.78, 5) is 0. The molecule has 1 aromatic carbocycles. The van der Waals surface area contributed by atoms with Gasteiger partial charge in [0.05, 0.1) is 5.52 Å². The van der Waals surface area contributed by atoms with Crippen LogP contribution < -0.4 is 0 Å². The summed E-state index contributed by atoms with van der Waals surface area (Å²) >= 11 is 2.16. The van der Waals surface area contributed by atoms with Crippen LogP contribution in [0.2, 0.25) is 13.1 Å². The fourth-order valence-electron chi connectivity index (χ4n) is 2.35. The normalized spacial score (nSPS) is 14.0. The van der Waals surface area contributed by atoms with Crippen molar-refractivity contribution in [2.45, 2.75) is 52.9 Å². The van der Waals surface area contributed by atoms with E-state index in [-0.39, 0.29) is 17.5 Å². The number of fused-ring (bicyclic) bond motifs is 1. The van der Waals surface area contributed by atoms with E-state index < -0.39 is 9.04 Å². The quantitative estimate of drug-likeness (QED) is 0.468. The van der Waals surface area contributed by atoms with E-state index >= 15 is 0 Å². The third-order valence-corrected chi connectivity index (χ3v) is 4.95. The van der Waals surface area contributed by atoms with E-state index in [4.69, 9.17) is 4.43 Å². The molecular weight excluding hydrogens is 410 g/mol. The van der Waals surface area contributed by atoms with Gasteiger partial charge < -0.3 is 4.43 Å². The Bertz CT molecular complexity index is 651. The van der Waals surface area contributed by atoms with E-state index in [0.29, 0.717) is 0 Å². The molecule has 2 rings (SSSR count). The molecule has 1 atom stereocenters. The molecule has 121 valence electrons. The maximum Gasteiger partial charge on any atom is 0.207 e. The van der Waals surface area contributed by atoms with Gasteiger partial charge in [-0.3, -0.25) is 0 Å². The maximum atomic E-state index is 13.5. The fourth-order valence-corrected chi connectivity index (χ4v) is 3.78. The van der Waals surface area contributed by atoms with Crippen LogP contribution in [0.3, 0.4) is 0 Å². The molecule has 0 N–H and O–H groups in total. The zero-order valence-corrected chi connectivity index (χ0v) is 16.9. The Hall–Kier alpha value is -0.473. The summed E-state index contributed by atoms with van der Waals surface area (Å²) in [6.45, 7) is 11.0. The van der Waals surface area contributed by atoms with Crippen LogP contribution in [0.4, 0.5) is 4.39 Å². The number of aromatic nitrogens is 2. The van der Waals surface area contributed by atoms with E-state index in [0.717, 1.165) is 27.4 Å². The molecule has 22 heavy (non-hydrogen) atoms. The summed E-state index contributed by atoms with van der Waals surface area (Å²) in [5, 5.41) is 5.47. The Morgan fingerprint density at radius 1 is 1.36 bits per heavy atom. The maximum absolute atomic E-state index is 13.5. The lowest BCUT2D eigenvalue weighted by Gasteiger charge is -2.25. The van der Waals surface area contributed by atoms with Crippen LogP contribution in [0, 0.1) is 14.9 Å². The van der Waals surface area contributed by atoms with Gasteiger partial charge in [0.2, 0.25) is 9.04 Å². The molecular formula is C16H23FIN2OSi. The average Bonchev–Trinajstić information content (AvgIpc) is 2.70. The summed E-state index contributed by atoms with van der Waals surface area (Å²) in [5.41, 5.74) is 1.19. The fraction of sp³-hybridized carbons (Fsp3) is 0.562. The minimum atomic E-state index is -0.851. The van der Waals surface area contributed by atoms with Gasteiger partial charge in [0.1, 0.15) is 15.7 Å². The smallest absolute Gasteiger partial charge is 0.207 e. The number of halogens is 2. The van der Waals surface area contributed by atoms with E-state index in [1.807, 2.05) is 4.68 Å². The van der Waals surface area contributed by atoms with Crippen molar-refractivity contribution < 1.29 is 8.82 Å². The molecule has 6 heteroatoms. The second kappa shape index (κ2) is 6.96. The Balaban J connectivity index is 2.38. The van der Waals surface area contributed by atoms with E-state index in [1.165, 1.54) is 6.07 Å². The van der Waals surface area contributed by atoms with Gasteiger partial charge in [-0.05, 0) is 72.1 Å². The highest BCUT2D eigenvalue weighted by Crippen LogP contribution is 2.30. The van der Waals surface area contributed by atoms with Crippen molar-refractivity contribution in [3.05, 3.63) is 27.7 Å². The molecule has 0 saturated carbocycles. The number of hydrogen-bond donors (Lipinski definition) is 0. The third kappa shape index (κ3) is 4.52. The number of benzene rings is 1. The lowest BCUT2D eigenvalue weighted by atomic mass is 9.90. The molecule has 0 bridgehead atoms. The molecule has 0 amide bonds. The minimum absolute atomic E-state index is 0.0837. The number of rotatable bonds is 5. The molecule has 1 radical (unpaired) electrons. The Kier molecular flexibility index (Phi) is 5.66. The molecule has 0 spiro atoms. The molecule has 1 aromatic heterocycles. The molecule has 0 fully saturated rings. The predicted octanol–water partition coefficient (Wildman–Crippen LogP) is 5.37.